The van der Waals surface area contributed by atoms with Crippen molar-refractivity contribution in [3.8, 4) is 11.5 Å². The van der Waals surface area contributed by atoms with Crippen LogP contribution in [0, 0.1) is 20.8 Å². The lowest BCUT2D eigenvalue weighted by Gasteiger charge is -2.24. The van der Waals surface area contributed by atoms with E-state index in [9.17, 15) is 14.4 Å². The fraction of sp³-hybridized carbons (Fsp3) is 0.261. The summed E-state index contributed by atoms with van der Waals surface area (Å²) in [5, 5.41) is 3.05. The van der Waals surface area contributed by atoms with Crippen LogP contribution >= 0.6 is 11.6 Å². The number of esters is 2. The van der Waals surface area contributed by atoms with Crippen LogP contribution in [0.3, 0.4) is 0 Å². The van der Waals surface area contributed by atoms with Gasteiger partial charge in [-0.1, -0.05) is 11.6 Å². The van der Waals surface area contributed by atoms with Crippen LogP contribution in [-0.2, 0) is 14.3 Å². The largest absolute Gasteiger partial charge is 0.488 e. The maximum absolute atomic E-state index is 12.9. The number of benzene rings is 2. The highest BCUT2D eigenvalue weighted by atomic mass is 35.5. The Kier molecular flexibility index (Phi) is 6.36. The molecule has 0 radical (unpaired) electrons. The third-order valence-corrected chi connectivity index (χ3v) is 5.33. The zero-order chi connectivity index (χ0) is 22.9. The molecule has 0 bridgehead atoms. The molecule has 1 heterocycles. The lowest BCUT2D eigenvalue weighted by Crippen LogP contribution is -2.23. The van der Waals surface area contributed by atoms with Gasteiger partial charge in [-0.25, -0.2) is 4.79 Å². The Hall–Kier alpha value is -3.32. The molecule has 7 nitrogen and oxygen atoms in total. The van der Waals surface area contributed by atoms with Crippen molar-refractivity contribution in [3.63, 3.8) is 0 Å². The maximum Gasteiger partial charge on any atom is 0.340 e. The lowest BCUT2D eigenvalue weighted by atomic mass is 9.94. The minimum Gasteiger partial charge on any atom is -0.488 e. The Bertz CT molecular complexity index is 1140. The summed E-state index contributed by atoms with van der Waals surface area (Å²) < 4.78 is 16.0. The van der Waals surface area contributed by atoms with Crippen molar-refractivity contribution in [1.82, 2.24) is 0 Å². The van der Waals surface area contributed by atoms with Gasteiger partial charge < -0.3 is 19.5 Å². The Morgan fingerprint density at radius 2 is 1.81 bits per heavy atom. The van der Waals surface area contributed by atoms with Gasteiger partial charge in [-0.05, 0) is 56.2 Å². The molecule has 1 aliphatic heterocycles. The molecular weight excluding hydrogens is 422 g/mol. The molecule has 31 heavy (non-hydrogen) atoms. The van der Waals surface area contributed by atoms with E-state index >= 15 is 0 Å². The SMILES string of the molecule is COC(=O)c1cc(Cl)ccc1NC(=O)C1=Cc2c(C)c(OC(C)=O)c(C)c(C)c2OC1. The van der Waals surface area contributed by atoms with Crippen molar-refractivity contribution in [3.05, 3.63) is 56.6 Å². The van der Waals surface area contributed by atoms with E-state index in [2.05, 4.69) is 5.32 Å². The van der Waals surface area contributed by atoms with E-state index in [0.29, 0.717) is 33.2 Å². The average molecular weight is 444 g/mol. The van der Waals surface area contributed by atoms with Crippen molar-refractivity contribution < 1.29 is 28.6 Å². The van der Waals surface area contributed by atoms with Gasteiger partial charge in [0.15, 0.2) is 0 Å². The molecule has 0 atom stereocenters. The van der Waals surface area contributed by atoms with Crippen molar-refractivity contribution in [1.29, 1.82) is 0 Å². The van der Waals surface area contributed by atoms with E-state index < -0.39 is 17.8 Å². The molecule has 0 spiro atoms. The third-order valence-electron chi connectivity index (χ3n) is 5.10. The quantitative estimate of drug-likeness (QED) is 0.556. The van der Waals surface area contributed by atoms with Crippen molar-refractivity contribution in [2.75, 3.05) is 19.0 Å². The Morgan fingerprint density at radius 1 is 1.10 bits per heavy atom. The lowest BCUT2D eigenvalue weighted by molar-refractivity contribution is -0.132. The monoisotopic (exact) mass is 443 g/mol. The normalized spacial score (nSPS) is 12.3. The Morgan fingerprint density at radius 3 is 2.45 bits per heavy atom. The van der Waals surface area contributed by atoms with Crippen molar-refractivity contribution >= 4 is 41.2 Å². The summed E-state index contributed by atoms with van der Waals surface area (Å²) in [4.78, 5) is 36.5. The first-order chi connectivity index (χ1) is 14.6. The first-order valence-corrected chi connectivity index (χ1v) is 9.86. The van der Waals surface area contributed by atoms with E-state index in [0.717, 1.165) is 11.1 Å². The van der Waals surface area contributed by atoms with E-state index in [4.69, 9.17) is 25.8 Å². The standard InChI is InChI=1S/C23H22ClNO6/c1-11-12(2)21-17(13(3)20(11)31-14(4)26)8-15(10-30-21)22(27)25-19-7-6-16(24)9-18(19)23(28)29-5/h6-9H,10H2,1-5H3,(H,25,27). The molecule has 1 amide bonds. The van der Waals surface area contributed by atoms with E-state index in [1.807, 2.05) is 13.8 Å². The first-order valence-electron chi connectivity index (χ1n) is 9.48. The predicted molar refractivity (Wildman–Crippen MR) is 117 cm³/mol. The van der Waals surface area contributed by atoms with E-state index in [-0.39, 0.29) is 17.9 Å². The second-order valence-corrected chi connectivity index (χ2v) is 7.57. The molecule has 3 rings (SSSR count). The molecule has 0 saturated heterocycles. The number of hydrogen-bond acceptors (Lipinski definition) is 6. The van der Waals surface area contributed by atoms with Crippen molar-refractivity contribution in [2.24, 2.45) is 0 Å². The third kappa shape index (κ3) is 4.41. The van der Waals surface area contributed by atoms with Gasteiger partial charge in [0.1, 0.15) is 18.1 Å². The number of halogens is 1. The summed E-state index contributed by atoms with van der Waals surface area (Å²) in [6.07, 6.45) is 1.71. The number of nitrogens with one attached hydrogen (secondary N) is 1. The fourth-order valence-electron chi connectivity index (χ4n) is 3.38. The van der Waals surface area contributed by atoms with Gasteiger partial charge >= 0.3 is 11.9 Å². The van der Waals surface area contributed by atoms with Gasteiger partial charge in [-0.2, -0.15) is 0 Å². The molecule has 0 saturated carbocycles. The fourth-order valence-corrected chi connectivity index (χ4v) is 3.55. The number of hydrogen-bond donors (Lipinski definition) is 1. The van der Waals surface area contributed by atoms with Crippen molar-refractivity contribution in [2.45, 2.75) is 27.7 Å². The Labute approximate surface area is 184 Å². The van der Waals surface area contributed by atoms with Crippen LogP contribution in [0.2, 0.25) is 5.02 Å². The molecule has 0 unspecified atom stereocenters. The molecule has 1 aliphatic rings. The predicted octanol–water partition coefficient (Wildman–Crippen LogP) is 4.39. The minimum absolute atomic E-state index is 0.0482. The van der Waals surface area contributed by atoms with Crippen LogP contribution in [0.1, 0.15) is 39.5 Å². The van der Waals surface area contributed by atoms with E-state index in [1.54, 1.807) is 19.1 Å². The summed E-state index contributed by atoms with van der Waals surface area (Å²) >= 11 is 5.97. The molecule has 162 valence electrons. The molecular formula is C23H22ClNO6. The number of carbonyl (C=O) groups is 3. The highest BCUT2D eigenvalue weighted by Gasteiger charge is 2.26. The molecule has 2 aromatic rings. The summed E-state index contributed by atoms with van der Waals surface area (Å²) in [5.74, 6) is -0.391. The maximum atomic E-state index is 12.9. The van der Waals surface area contributed by atoms with Gasteiger partial charge in [0.05, 0.1) is 23.9 Å². The zero-order valence-electron chi connectivity index (χ0n) is 17.8. The number of methoxy groups -OCH3 is 1. The smallest absolute Gasteiger partial charge is 0.340 e. The second-order valence-electron chi connectivity index (χ2n) is 7.13. The first kappa shape index (κ1) is 22.4. The molecule has 2 aromatic carbocycles. The molecule has 0 fully saturated rings. The number of fused-ring (bicyclic) bond motifs is 1. The van der Waals surface area contributed by atoms with Gasteiger partial charge in [0.2, 0.25) is 0 Å². The van der Waals surface area contributed by atoms with Crippen LogP contribution in [-0.4, -0.2) is 31.6 Å². The van der Waals surface area contributed by atoms with Crippen LogP contribution in [0.5, 0.6) is 11.5 Å². The number of rotatable bonds is 4. The minimum atomic E-state index is -0.620. The number of amides is 1. The van der Waals surface area contributed by atoms with Crippen LogP contribution in [0.25, 0.3) is 6.08 Å². The molecule has 1 N–H and O–H groups in total. The average Bonchev–Trinajstić information content (AvgIpc) is 2.75. The number of ether oxygens (including phenoxy) is 3. The van der Waals surface area contributed by atoms with E-state index in [1.165, 1.54) is 26.2 Å². The van der Waals surface area contributed by atoms with Crippen LogP contribution in [0.4, 0.5) is 5.69 Å². The highest BCUT2D eigenvalue weighted by Crippen LogP contribution is 2.41. The zero-order valence-corrected chi connectivity index (χ0v) is 18.6. The number of carbonyl (C=O) groups excluding carboxylic acids is 3. The van der Waals surface area contributed by atoms with Crippen LogP contribution in [0.15, 0.2) is 23.8 Å². The Balaban J connectivity index is 1.99. The summed E-state index contributed by atoms with van der Waals surface area (Å²) in [7, 11) is 1.25. The highest BCUT2D eigenvalue weighted by molar-refractivity contribution is 6.31. The molecule has 0 aromatic heterocycles. The summed E-state index contributed by atoms with van der Waals surface area (Å²) in [5.41, 5.74) is 3.75. The number of anilines is 1. The van der Waals surface area contributed by atoms with Gasteiger partial charge in [-0.3, -0.25) is 9.59 Å². The molecule has 8 heteroatoms. The topological polar surface area (TPSA) is 90.9 Å². The van der Waals surface area contributed by atoms with Crippen LogP contribution < -0.4 is 14.8 Å². The molecule has 0 aliphatic carbocycles. The summed E-state index contributed by atoms with van der Waals surface area (Å²) in [6.45, 7) is 6.91. The van der Waals surface area contributed by atoms with Gasteiger partial charge in [0.25, 0.3) is 5.91 Å². The van der Waals surface area contributed by atoms with Gasteiger partial charge in [-0.15, -0.1) is 0 Å². The summed E-state index contributed by atoms with van der Waals surface area (Å²) in [6, 6.07) is 4.51. The van der Waals surface area contributed by atoms with Gasteiger partial charge in [0, 0.05) is 23.1 Å². The second kappa shape index (κ2) is 8.81.